The van der Waals surface area contributed by atoms with Gasteiger partial charge in [-0.1, -0.05) is 26.8 Å². The second-order valence-corrected chi connectivity index (χ2v) is 6.79. The van der Waals surface area contributed by atoms with Gasteiger partial charge in [0, 0.05) is 5.41 Å². The maximum Gasteiger partial charge on any atom is 0.242 e. The highest BCUT2D eigenvalue weighted by atomic mass is 16.7. The maximum atomic E-state index is 12.2. The lowest BCUT2D eigenvalue weighted by atomic mass is 9.95. The number of amides is 2. The molecule has 2 atom stereocenters. The lowest BCUT2D eigenvalue weighted by molar-refractivity contribution is -0.133. The van der Waals surface area contributed by atoms with Gasteiger partial charge in [0.1, 0.15) is 6.04 Å². The summed E-state index contributed by atoms with van der Waals surface area (Å²) in [6, 6.07) is 4.76. The molecule has 6 nitrogen and oxygen atoms in total. The Morgan fingerprint density at radius 2 is 1.74 bits per heavy atom. The van der Waals surface area contributed by atoms with Crippen LogP contribution >= 0.6 is 0 Å². The molecule has 0 saturated heterocycles. The first-order chi connectivity index (χ1) is 10.7. The number of fused-ring (bicyclic) bond motifs is 1. The fraction of sp³-hybridized carbons (Fsp3) is 0.529. The fourth-order valence-corrected chi connectivity index (χ4v) is 2.08. The molecule has 126 valence electrons. The van der Waals surface area contributed by atoms with E-state index >= 15 is 0 Å². The van der Waals surface area contributed by atoms with Gasteiger partial charge in [0.2, 0.25) is 18.6 Å². The molecule has 0 fully saturated rings. The molecule has 0 radical (unpaired) electrons. The van der Waals surface area contributed by atoms with E-state index in [0.29, 0.717) is 11.5 Å². The number of carbonyl (C=O) groups is 2. The molecule has 0 bridgehead atoms. The topological polar surface area (TPSA) is 76.7 Å². The Morgan fingerprint density at radius 3 is 2.39 bits per heavy atom. The predicted molar refractivity (Wildman–Crippen MR) is 86.2 cm³/mol. The van der Waals surface area contributed by atoms with Crippen molar-refractivity contribution in [3.63, 3.8) is 0 Å². The van der Waals surface area contributed by atoms with Gasteiger partial charge in [0.15, 0.2) is 11.5 Å². The van der Waals surface area contributed by atoms with Crippen LogP contribution in [0, 0.1) is 5.41 Å². The normalized spacial score (nSPS) is 15.7. The minimum atomic E-state index is -0.599. The van der Waals surface area contributed by atoms with E-state index in [1.165, 1.54) is 0 Å². The summed E-state index contributed by atoms with van der Waals surface area (Å²) in [6.45, 7) is 9.20. The largest absolute Gasteiger partial charge is 0.454 e. The Morgan fingerprint density at radius 1 is 1.09 bits per heavy atom. The van der Waals surface area contributed by atoms with E-state index in [9.17, 15) is 9.59 Å². The first-order valence-electron chi connectivity index (χ1n) is 7.69. The Bertz CT molecular complexity index is 607. The van der Waals surface area contributed by atoms with Gasteiger partial charge in [-0.05, 0) is 31.5 Å². The number of carbonyl (C=O) groups excluding carboxylic acids is 2. The van der Waals surface area contributed by atoms with Crippen LogP contribution in [-0.4, -0.2) is 24.6 Å². The van der Waals surface area contributed by atoms with Gasteiger partial charge in [-0.2, -0.15) is 0 Å². The average Bonchev–Trinajstić information content (AvgIpc) is 2.93. The van der Waals surface area contributed by atoms with Crippen molar-refractivity contribution in [3.05, 3.63) is 23.8 Å². The van der Waals surface area contributed by atoms with Crippen molar-refractivity contribution in [2.24, 2.45) is 5.41 Å². The van der Waals surface area contributed by atoms with Crippen LogP contribution in [0.5, 0.6) is 11.5 Å². The van der Waals surface area contributed by atoms with Crippen LogP contribution in [0.15, 0.2) is 18.2 Å². The standard InChI is InChI=1S/C17H24N2O4/c1-10(12-6-7-13-14(8-12)23-9-22-13)18-15(20)11(2)19-16(21)17(3,4)5/h6-8,10-11H,9H2,1-5H3,(H,18,20)(H,19,21). The van der Waals surface area contributed by atoms with Gasteiger partial charge in [-0.15, -0.1) is 0 Å². The smallest absolute Gasteiger partial charge is 0.242 e. The molecule has 1 aromatic carbocycles. The molecule has 23 heavy (non-hydrogen) atoms. The van der Waals surface area contributed by atoms with E-state index < -0.39 is 11.5 Å². The van der Waals surface area contributed by atoms with Crippen molar-refractivity contribution in [3.8, 4) is 11.5 Å². The van der Waals surface area contributed by atoms with Crippen LogP contribution in [0.4, 0.5) is 0 Å². The highest BCUT2D eigenvalue weighted by Crippen LogP contribution is 2.34. The number of hydrogen-bond acceptors (Lipinski definition) is 4. The molecule has 2 N–H and O–H groups in total. The lowest BCUT2D eigenvalue weighted by Crippen LogP contribution is -2.48. The highest BCUT2D eigenvalue weighted by Gasteiger charge is 2.26. The van der Waals surface area contributed by atoms with Gasteiger partial charge < -0.3 is 20.1 Å². The van der Waals surface area contributed by atoms with E-state index in [1.54, 1.807) is 6.92 Å². The molecular weight excluding hydrogens is 296 g/mol. The zero-order chi connectivity index (χ0) is 17.2. The second-order valence-electron chi connectivity index (χ2n) is 6.79. The SMILES string of the molecule is CC(NC(=O)C(C)(C)C)C(=O)NC(C)c1ccc2c(c1)OCO2. The van der Waals surface area contributed by atoms with Crippen LogP contribution in [0.25, 0.3) is 0 Å². The maximum absolute atomic E-state index is 12.2. The summed E-state index contributed by atoms with van der Waals surface area (Å²) in [4.78, 5) is 24.2. The summed E-state index contributed by atoms with van der Waals surface area (Å²) < 4.78 is 10.6. The molecule has 1 aromatic rings. The van der Waals surface area contributed by atoms with E-state index in [1.807, 2.05) is 45.9 Å². The summed E-state index contributed by atoms with van der Waals surface area (Å²) in [5, 5.41) is 5.62. The molecule has 0 aromatic heterocycles. The first kappa shape index (κ1) is 17.1. The zero-order valence-corrected chi connectivity index (χ0v) is 14.2. The fourth-order valence-electron chi connectivity index (χ4n) is 2.08. The van der Waals surface area contributed by atoms with Gasteiger partial charge in [0.05, 0.1) is 6.04 Å². The molecule has 0 saturated carbocycles. The van der Waals surface area contributed by atoms with Crippen molar-refractivity contribution in [1.29, 1.82) is 0 Å². The Kier molecular flexibility index (Phi) is 4.82. The van der Waals surface area contributed by atoms with Gasteiger partial charge >= 0.3 is 0 Å². The first-order valence-corrected chi connectivity index (χ1v) is 7.69. The summed E-state index contributed by atoms with van der Waals surface area (Å²) in [6.07, 6.45) is 0. The number of nitrogens with one attached hydrogen (secondary N) is 2. The quantitative estimate of drug-likeness (QED) is 0.891. The predicted octanol–water partition coefficient (Wildman–Crippen LogP) is 2.14. The lowest BCUT2D eigenvalue weighted by Gasteiger charge is -2.23. The molecule has 2 unspecified atom stereocenters. The molecule has 6 heteroatoms. The minimum Gasteiger partial charge on any atom is -0.454 e. The number of benzene rings is 1. The monoisotopic (exact) mass is 320 g/mol. The Balaban J connectivity index is 1.95. The molecular formula is C17H24N2O4. The number of rotatable bonds is 4. The van der Waals surface area contributed by atoms with Gasteiger partial charge in [0.25, 0.3) is 0 Å². The van der Waals surface area contributed by atoms with Gasteiger partial charge in [-0.3, -0.25) is 9.59 Å². The van der Waals surface area contributed by atoms with Crippen LogP contribution in [0.1, 0.15) is 46.2 Å². The van der Waals surface area contributed by atoms with Crippen molar-refractivity contribution >= 4 is 11.8 Å². The van der Waals surface area contributed by atoms with E-state index in [0.717, 1.165) is 5.56 Å². The summed E-state index contributed by atoms with van der Waals surface area (Å²) >= 11 is 0. The third kappa shape index (κ3) is 4.15. The molecule has 2 amide bonds. The molecule has 0 aliphatic carbocycles. The molecule has 1 aliphatic heterocycles. The van der Waals surface area contributed by atoms with Crippen LogP contribution in [0.3, 0.4) is 0 Å². The minimum absolute atomic E-state index is 0.157. The molecule has 2 rings (SSSR count). The van der Waals surface area contributed by atoms with Crippen LogP contribution < -0.4 is 20.1 Å². The van der Waals surface area contributed by atoms with Crippen molar-refractivity contribution in [1.82, 2.24) is 10.6 Å². The third-order valence-electron chi connectivity index (χ3n) is 3.68. The van der Waals surface area contributed by atoms with Crippen molar-refractivity contribution < 1.29 is 19.1 Å². The summed E-state index contributed by atoms with van der Waals surface area (Å²) in [5.74, 6) is 0.999. The number of ether oxygens (including phenoxy) is 2. The number of hydrogen-bond donors (Lipinski definition) is 2. The summed E-state index contributed by atoms with van der Waals surface area (Å²) in [7, 11) is 0. The Hall–Kier alpha value is -2.24. The van der Waals surface area contributed by atoms with Crippen LogP contribution in [-0.2, 0) is 9.59 Å². The van der Waals surface area contributed by atoms with Crippen molar-refractivity contribution in [2.75, 3.05) is 6.79 Å². The third-order valence-corrected chi connectivity index (χ3v) is 3.68. The van der Waals surface area contributed by atoms with E-state index in [-0.39, 0.29) is 24.6 Å². The molecule has 1 heterocycles. The second kappa shape index (κ2) is 6.48. The Labute approximate surface area is 136 Å². The van der Waals surface area contributed by atoms with Crippen LogP contribution in [0.2, 0.25) is 0 Å². The molecule has 0 spiro atoms. The van der Waals surface area contributed by atoms with Gasteiger partial charge in [-0.25, -0.2) is 0 Å². The van der Waals surface area contributed by atoms with E-state index in [2.05, 4.69) is 10.6 Å². The average molecular weight is 320 g/mol. The highest BCUT2D eigenvalue weighted by molar-refractivity contribution is 5.89. The van der Waals surface area contributed by atoms with E-state index in [4.69, 9.17) is 9.47 Å². The van der Waals surface area contributed by atoms with Crippen molar-refractivity contribution in [2.45, 2.75) is 46.7 Å². The zero-order valence-electron chi connectivity index (χ0n) is 14.2. The molecule has 1 aliphatic rings. The summed E-state index contributed by atoms with van der Waals surface area (Å²) in [5.41, 5.74) is 0.384.